The first-order chi connectivity index (χ1) is 14.9. The highest BCUT2D eigenvalue weighted by atomic mass is 16.3. The molecule has 2 aliphatic rings. The summed E-state index contributed by atoms with van der Waals surface area (Å²) in [6.07, 6.45) is 2.50. The minimum atomic E-state index is 0.00486. The number of hydrogen-bond donors (Lipinski definition) is 2. The molecule has 0 radical (unpaired) electrons. The molecule has 31 heavy (non-hydrogen) atoms. The van der Waals surface area contributed by atoms with Crippen LogP contribution in [0, 0.1) is 5.41 Å². The van der Waals surface area contributed by atoms with Crippen LogP contribution in [0.4, 0.5) is 5.69 Å². The van der Waals surface area contributed by atoms with Gasteiger partial charge in [-0.15, -0.1) is 0 Å². The molecule has 1 heterocycles. The Hall–Kier alpha value is -3.40. The van der Waals surface area contributed by atoms with E-state index in [0.717, 1.165) is 22.1 Å². The van der Waals surface area contributed by atoms with Crippen molar-refractivity contribution in [1.82, 2.24) is 0 Å². The Labute approximate surface area is 184 Å². The van der Waals surface area contributed by atoms with Crippen LogP contribution in [-0.4, -0.2) is 5.78 Å². The highest BCUT2D eigenvalue weighted by Crippen LogP contribution is 2.41. The number of nitrogens with two attached hydrogens (primary N) is 1. The lowest BCUT2D eigenvalue weighted by molar-refractivity contribution is 0.101. The monoisotopic (exact) mass is 416 g/mol. The predicted molar refractivity (Wildman–Crippen MR) is 130 cm³/mol. The second kappa shape index (κ2) is 11.1. The Bertz CT molecular complexity index is 1190. The van der Waals surface area contributed by atoms with Crippen molar-refractivity contribution < 1.29 is 9.21 Å². The van der Waals surface area contributed by atoms with E-state index in [2.05, 4.69) is 27.7 Å². The van der Waals surface area contributed by atoms with Gasteiger partial charge in [-0.25, -0.2) is 0 Å². The maximum Gasteiger partial charge on any atom is 0.160 e. The summed E-state index contributed by atoms with van der Waals surface area (Å²) in [6.45, 7) is 10.1. The highest BCUT2D eigenvalue weighted by Gasteiger charge is 2.20. The molecule has 0 atom stereocenters. The topological polar surface area (TPSA) is 80.1 Å². The summed E-state index contributed by atoms with van der Waals surface area (Å²) in [6, 6.07) is 18.3. The summed E-state index contributed by atoms with van der Waals surface area (Å²) in [7, 11) is 0. The van der Waals surface area contributed by atoms with Crippen LogP contribution in [-0.2, 0) is 0 Å². The Morgan fingerprint density at radius 3 is 2.19 bits per heavy atom. The lowest BCUT2D eigenvalue weighted by atomic mass is 9.90. The number of fused-ring (bicyclic) bond motifs is 2. The number of benzene rings is 3. The van der Waals surface area contributed by atoms with Gasteiger partial charge in [-0.05, 0) is 36.8 Å². The number of nitrogen functional groups attached to an aromatic ring is 1. The van der Waals surface area contributed by atoms with E-state index in [1.54, 1.807) is 25.1 Å². The SMILES string of the molecule is CC(=O)c1ccccc1-c1c2ccc(=N)cc-2oc2cc(N)ccc12.CCC.CCC. The first-order valence-corrected chi connectivity index (χ1v) is 10.8. The molecule has 0 fully saturated rings. The second-order valence-electron chi connectivity index (χ2n) is 7.46. The van der Waals surface area contributed by atoms with E-state index in [0.29, 0.717) is 28.0 Å². The van der Waals surface area contributed by atoms with Crippen LogP contribution in [0.1, 0.15) is 57.8 Å². The molecular weight excluding hydrogens is 384 g/mol. The summed E-state index contributed by atoms with van der Waals surface area (Å²) >= 11 is 0. The largest absolute Gasteiger partial charge is 0.456 e. The summed E-state index contributed by atoms with van der Waals surface area (Å²) < 4.78 is 5.99. The van der Waals surface area contributed by atoms with Crippen molar-refractivity contribution in [3.63, 3.8) is 0 Å². The van der Waals surface area contributed by atoms with Crippen LogP contribution >= 0.6 is 0 Å². The van der Waals surface area contributed by atoms with Gasteiger partial charge >= 0.3 is 0 Å². The molecule has 0 unspecified atom stereocenters. The van der Waals surface area contributed by atoms with Gasteiger partial charge in [-0.2, -0.15) is 0 Å². The zero-order valence-corrected chi connectivity index (χ0v) is 19.1. The van der Waals surface area contributed by atoms with E-state index in [4.69, 9.17) is 15.6 Å². The van der Waals surface area contributed by atoms with Crippen LogP contribution in [0.5, 0.6) is 0 Å². The maximum absolute atomic E-state index is 12.1. The number of Topliss-reactive ketones (excluding diaryl/α,β-unsaturated/α-hetero) is 1. The van der Waals surface area contributed by atoms with E-state index < -0.39 is 0 Å². The average molecular weight is 417 g/mol. The average Bonchev–Trinajstić information content (AvgIpc) is 2.73. The quantitative estimate of drug-likeness (QED) is 0.204. The maximum atomic E-state index is 12.1. The van der Waals surface area contributed by atoms with Crippen LogP contribution < -0.4 is 11.1 Å². The highest BCUT2D eigenvalue weighted by molar-refractivity contribution is 6.09. The fourth-order valence-corrected chi connectivity index (χ4v) is 3.21. The molecule has 0 saturated heterocycles. The minimum absolute atomic E-state index is 0.00486. The van der Waals surface area contributed by atoms with Crippen LogP contribution in [0.3, 0.4) is 0 Å². The van der Waals surface area contributed by atoms with Gasteiger partial charge in [-0.3, -0.25) is 4.79 Å². The third-order valence-electron chi connectivity index (χ3n) is 4.32. The van der Waals surface area contributed by atoms with Crippen molar-refractivity contribution in [3.05, 3.63) is 71.6 Å². The fraction of sp³-hybridized carbons (Fsp3) is 0.259. The summed E-state index contributed by atoms with van der Waals surface area (Å²) in [5, 5.41) is 9.12. The zero-order chi connectivity index (χ0) is 23.0. The smallest absolute Gasteiger partial charge is 0.160 e. The van der Waals surface area contributed by atoms with Crippen molar-refractivity contribution in [2.75, 3.05) is 5.73 Å². The molecule has 2 aromatic rings. The first-order valence-electron chi connectivity index (χ1n) is 10.8. The number of hydrogen-bond acceptors (Lipinski definition) is 4. The van der Waals surface area contributed by atoms with E-state index in [-0.39, 0.29) is 5.78 Å². The molecular formula is C27H32N2O2. The molecule has 0 bridgehead atoms. The summed E-state index contributed by atoms with van der Waals surface area (Å²) in [4.78, 5) is 12.1. The van der Waals surface area contributed by atoms with Gasteiger partial charge < -0.3 is 15.6 Å². The fourth-order valence-electron chi connectivity index (χ4n) is 3.21. The molecule has 0 spiro atoms. The van der Waals surface area contributed by atoms with E-state index in [1.165, 1.54) is 12.8 Å². The molecule has 162 valence electrons. The summed E-state index contributed by atoms with van der Waals surface area (Å²) in [5.74, 6) is 0.601. The third-order valence-corrected chi connectivity index (χ3v) is 4.32. The molecule has 4 heteroatoms. The van der Waals surface area contributed by atoms with Crippen molar-refractivity contribution in [1.29, 1.82) is 5.41 Å². The number of ketones is 1. The van der Waals surface area contributed by atoms with Crippen molar-refractivity contribution in [2.45, 2.75) is 47.5 Å². The van der Waals surface area contributed by atoms with Crippen LogP contribution in [0.15, 0.2) is 65.1 Å². The van der Waals surface area contributed by atoms with Crippen molar-refractivity contribution in [2.24, 2.45) is 0 Å². The Morgan fingerprint density at radius 1 is 0.903 bits per heavy atom. The molecule has 0 amide bonds. The van der Waals surface area contributed by atoms with Crippen LogP contribution in [0.25, 0.3) is 33.4 Å². The van der Waals surface area contributed by atoms with Gasteiger partial charge in [0.15, 0.2) is 5.78 Å². The van der Waals surface area contributed by atoms with Gasteiger partial charge in [0.1, 0.15) is 11.3 Å². The van der Waals surface area contributed by atoms with Gasteiger partial charge in [0, 0.05) is 39.9 Å². The number of anilines is 1. The lowest BCUT2D eigenvalue weighted by Crippen LogP contribution is -2.02. The number of nitrogens with one attached hydrogen (secondary N) is 1. The molecule has 4 rings (SSSR count). The molecule has 1 aliphatic carbocycles. The number of carbonyl (C=O) groups excluding carboxylic acids is 1. The standard InChI is InChI=1S/C21H16N2O2.2C3H8/c1-12(24)15-4-2-3-5-16(15)21-17-8-6-13(22)10-19(17)25-20-11-14(23)7-9-18(20)21;2*1-3-2/h2-11,22H,23H2,1H3;2*3H2,1-2H3. The number of rotatable bonds is 2. The Kier molecular flexibility index (Phi) is 8.56. The van der Waals surface area contributed by atoms with Gasteiger partial charge in [0.2, 0.25) is 0 Å². The molecule has 1 aliphatic heterocycles. The lowest BCUT2D eigenvalue weighted by Gasteiger charge is -2.17. The Morgan fingerprint density at radius 2 is 1.55 bits per heavy atom. The minimum Gasteiger partial charge on any atom is -0.456 e. The molecule has 0 aromatic heterocycles. The Balaban J connectivity index is 0.000000513. The second-order valence-corrected chi connectivity index (χ2v) is 7.46. The summed E-state index contributed by atoms with van der Waals surface area (Å²) in [5.41, 5.74) is 10.4. The van der Waals surface area contributed by atoms with E-state index >= 15 is 0 Å². The van der Waals surface area contributed by atoms with Gasteiger partial charge in [0.05, 0.1) is 5.36 Å². The van der Waals surface area contributed by atoms with E-state index in [9.17, 15) is 4.79 Å². The molecule has 3 N–H and O–H groups in total. The van der Waals surface area contributed by atoms with Gasteiger partial charge in [0.25, 0.3) is 0 Å². The molecule has 2 aromatic carbocycles. The molecule has 4 nitrogen and oxygen atoms in total. The third kappa shape index (κ3) is 5.60. The normalized spacial score (nSPS) is 10.1. The van der Waals surface area contributed by atoms with Crippen molar-refractivity contribution in [3.8, 4) is 22.5 Å². The zero-order valence-electron chi connectivity index (χ0n) is 19.1. The molecule has 0 saturated carbocycles. The van der Waals surface area contributed by atoms with Crippen LogP contribution in [0.2, 0.25) is 0 Å². The predicted octanol–water partition coefficient (Wildman–Crippen LogP) is 7.30. The van der Waals surface area contributed by atoms with E-state index in [1.807, 2.05) is 42.5 Å². The number of carbonyl (C=O) groups is 1. The van der Waals surface area contributed by atoms with Gasteiger partial charge in [-0.1, -0.05) is 64.8 Å². The first kappa shape index (κ1) is 23.9. The van der Waals surface area contributed by atoms with Crippen molar-refractivity contribution >= 4 is 22.4 Å².